The first-order valence-electron chi connectivity index (χ1n) is 29.0. The van der Waals surface area contributed by atoms with Crippen LogP contribution in [0, 0.1) is 69.0 Å². The summed E-state index contributed by atoms with van der Waals surface area (Å²) in [5.41, 5.74) is -2.26. The first-order valence-corrected chi connectivity index (χ1v) is 29.0. The molecule has 4 spiro atoms. The number of halogens is 2. The zero-order valence-corrected chi connectivity index (χ0v) is 41.9. The molecule has 0 aromatic rings. The van der Waals surface area contributed by atoms with Gasteiger partial charge < -0.3 is 0 Å². The second kappa shape index (κ2) is 23.0. The predicted octanol–water partition coefficient (Wildman–Crippen LogP) is 18.1. The van der Waals surface area contributed by atoms with E-state index in [-0.39, 0.29) is 0 Å². The molecular weight excluding hydrogens is 779 g/mol. The molecule has 8 aliphatic carbocycles. The summed E-state index contributed by atoms with van der Waals surface area (Å²) >= 11 is 0. The maximum atomic E-state index is 15.8. The number of hydrogen-bond acceptors (Lipinski definition) is 2. The summed E-state index contributed by atoms with van der Waals surface area (Å²) in [5.74, 6) is 7.37. The number of hydrogen-bond donors (Lipinski definition) is 0. The number of unbranched alkanes of at least 4 members (excludes halogenated alkanes) is 8. The van der Waals surface area contributed by atoms with E-state index in [1.54, 1.807) is 0 Å². The molecule has 362 valence electrons. The smallest absolute Gasteiger partial charge is 0.151 e. The zero-order chi connectivity index (χ0) is 44.5. The van der Waals surface area contributed by atoms with E-state index >= 15 is 8.78 Å². The van der Waals surface area contributed by atoms with Gasteiger partial charge in [0.05, 0.1) is 21.7 Å². The van der Waals surface area contributed by atoms with E-state index in [4.69, 9.17) is 0 Å². The van der Waals surface area contributed by atoms with Crippen molar-refractivity contribution < 1.29 is 18.4 Å². The molecule has 2 atom stereocenters. The molecule has 8 aliphatic rings. The van der Waals surface area contributed by atoms with Gasteiger partial charge in [0.2, 0.25) is 0 Å². The van der Waals surface area contributed by atoms with Crippen molar-refractivity contribution in [2.24, 2.45) is 69.0 Å². The van der Waals surface area contributed by atoms with Crippen molar-refractivity contribution in [3.05, 3.63) is 0 Å². The Morgan fingerprint density at radius 2 is 0.651 bits per heavy atom. The molecule has 8 saturated carbocycles. The van der Waals surface area contributed by atoms with Crippen molar-refractivity contribution in [1.29, 1.82) is 0 Å². The van der Waals surface area contributed by atoms with E-state index in [2.05, 4.69) is 27.7 Å². The van der Waals surface area contributed by atoms with Crippen LogP contribution in [0.4, 0.5) is 8.78 Å². The Hall–Kier alpha value is -0.800. The predicted molar refractivity (Wildman–Crippen MR) is 260 cm³/mol. The van der Waals surface area contributed by atoms with Gasteiger partial charge >= 0.3 is 0 Å². The van der Waals surface area contributed by atoms with E-state index in [1.807, 2.05) is 0 Å². The molecule has 0 aromatic heterocycles. The summed E-state index contributed by atoms with van der Waals surface area (Å²) in [5, 5.41) is 0. The molecule has 2 nitrogen and oxygen atoms in total. The number of alkyl halides is 2. The molecule has 0 amide bonds. The molecule has 0 N–H and O–H groups in total. The fourth-order valence-electron chi connectivity index (χ4n) is 17.0. The summed E-state index contributed by atoms with van der Waals surface area (Å²) in [6.45, 7) is 9.13. The summed E-state index contributed by atoms with van der Waals surface area (Å²) in [4.78, 5) is 26.9. The van der Waals surface area contributed by atoms with Gasteiger partial charge in [-0.15, -0.1) is 0 Å². The minimum Gasteiger partial charge on any atom is -0.298 e. The second-order valence-corrected chi connectivity index (χ2v) is 24.7. The molecular formula is C59H100F2O2. The second-order valence-electron chi connectivity index (χ2n) is 24.7. The van der Waals surface area contributed by atoms with E-state index in [0.29, 0.717) is 11.6 Å². The van der Waals surface area contributed by atoms with Crippen LogP contribution in [-0.2, 0) is 9.59 Å². The van der Waals surface area contributed by atoms with E-state index < -0.39 is 34.0 Å². The fourth-order valence-corrected chi connectivity index (χ4v) is 17.0. The number of carbonyl (C=O) groups excluding carboxylic acids is 2. The average Bonchev–Trinajstić information content (AvgIpc) is 3.34. The summed E-state index contributed by atoms with van der Waals surface area (Å²) in [6, 6.07) is 0. The SMILES string of the molecule is CCCCCCCC1CCC(C2CCC3(CC2)C(=O)C2(CCC(CCC)CC2)[C@H]3F)CC1.CCCCCCCC1CCC2(CC1)C(=O)C1(CCC(C3CCC(CC)CC3)CC1)[C@@H]2F. The normalized spacial score (nSPS) is 42.8. The van der Waals surface area contributed by atoms with Gasteiger partial charge in [-0.25, -0.2) is 8.78 Å². The van der Waals surface area contributed by atoms with Gasteiger partial charge in [-0.05, 0) is 176 Å². The van der Waals surface area contributed by atoms with Crippen molar-refractivity contribution in [3.8, 4) is 0 Å². The largest absolute Gasteiger partial charge is 0.298 e. The zero-order valence-electron chi connectivity index (χ0n) is 41.9. The van der Waals surface area contributed by atoms with Crippen LogP contribution in [0.2, 0.25) is 0 Å². The molecule has 0 saturated heterocycles. The summed E-state index contributed by atoms with van der Waals surface area (Å²) < 4.78 is 31.6. The maximum absolute atomic E-state index is 15.8. The lowest BCUT2D eigenvalue weighted by Gasteiger charge is -2.61. The summed E-state index contributed by atoms with van der Waals surface area (Å²) in [7, 11) is 0. The number of carbonyl (C=O) groups is 2. The highest BCUT2D eigenvalue weighted by atomic mass is 19.1. The quantitative estimate of drug-likeness (QED) is 0.136. The van der Waals surface area contributed by atoms with Crippen molar-refractivity contribution in [2.75, 3.05) is 0 Å². The van der Waals surface area contributed by atoms with Crippen LogP contribution >= 0.6 is 0 Å². The third-order valence-electron chi connectivity index (χ3n) is 21.4. The molecule has 8 fully saturated rings. The van der Waals surface area contributed by atoms with Gasteiger partial charge in [-0.1, -0.05) is 150 Å². The summed E-state index contributed by atoms with van der Waals surface area (Å²) in [6.07, 6.45) is 45.4. The topological polar surface area (TPSA) is 34.1 Å². The Kier molecular flexibility index (Phi) is 18.3. The van der Waals surface area contributed by atoms with Gasteiger partial charge in [-0.2, -0.15) is 0 Å². The van der Waals surface area contributed by atoms with Gasteiger partial charge in [0, 0.05) is 0 Å². The van der Waals surface area contributed by atoms with Gasteiger partial charge in [-0.3, -0.25) is 9.59 Å². The molecule has 0 aliphatic heterocycles. The van der Waals surface area contributed by atoms with Crippen LogP contribution in [0.25, 0.3) is 0 Å². The lowest BCUT2D eigenvalue weighted by atomic mass is 9.41. The van der Waals surface area contributed by atoms with Crippen LogP contribution < -0.4 is 0 Å². The highest BCUT2D eigenvalue weighted by Crippen LogP contribution is 2.68. The van der Waals surface area contributed by atoms with E-state index in [9.17, 15) is 9.59 Å². The first-order chi connectivity index (χ1) is 30.6. The highest BCUT2D eigenvalue weighted by Gasteiger charge is 2.73. The third-order valence-corrected chi connectivity index (χ3v) is 21.4. The van der Waals surface area contributed by atoms with Crippen LogP contribution in [0.5, 0.6) is 0 Å². The third kappa shape index (κ3) is 10.6. The minimum absolute atomic E-state index is 0.359. The molecule has 0 heterocycles. The minimum atomic E-state index is -0.838. The molecule has 0 aromatic carbocycles. The Bertz CT molecular complexity index is 1370. The van der Waals surface area contributed by atoms with Crippen molar-refractivity contribution >= 4 is 11.6 Å². The maximum Gasteiger partial charge on any atom is 0.151 e. The molecule has 0 bridgehead atoms. The van der Waals surface area contributed by atoms with Gasteiger partial charge in [0.1, 0.15) is 12.3 Å². The average molecular weight is 879 g/mol. The lowest BCUT2D eigenvalue weighted by Crippen LogP contribution is -2.69. The molecule has 0 unspecified atom stereocenters. The van der Waals surface area contributed by atoms with E-state index in [1.165, 1.54) is 148 Å². The van der Waals surface area contributed by atoms with Gasteiger partial charge in [0.15, 0.2) is 11.6 Å². The molecule has 8 rings (SSSR count). The molecule has 0 radical (unpaired) electrons. The highest BCUT2D eigenvalue weighted by molar-refractivity contribution is 5.99. The Balaban J connectivity index is 0.000000189. The van der Waals surface area contributed by atoms with E-state index in [0.717, 1.165) is 150 Å². The van der Waals surface area contributed by atoms with Gasteiger partial charge in [0.25, 0.3) is 0 Å². The van der Waals surface area contributed by atoms with Crippen LogP contribution in [-0.4, -0.2) is 23.9 Å². The molecule has 4 heteroatoms. The number of rotatable bonds is 17. The van der Waals surface area contributed by atoms with Crippen LogP contribution in [0.1, 0.15) is 278 Å². The monoisotopic (exact) mass is 879 g/mol. The standard InChI is InChI=1S/C30H51FO.C29H49FO/c1-3-5-6-7-8-10-24-11-13-25(14-12-24)26-17-21-30(22-18-26)27(31)29(28(30)32)19-15-23(9-4-2)16-20-29;1-3-5-6-7-8-9-23-14-18-28(19-15-23)26(30)29(27(28)31)20-16-25(17-21-29)24-12-10-22(4-2)11-13-24/h23-27H,3-22H2,1-2H3;22-26H,3-21H2,1-2H3/t23?,24?,25?,26?,27-,29?,30?;22?,23?,24?,25?,26-,28?,29?/m11/s1. The Labute approximate surface area is 388 Å². The molecule has 63 heavy (non-hydrogen) atoms. The number of ketones is 2. The fraction of sp³-hybridized carbons (Fsp3) is 0.966. The Morgan fingerprint density at radius 3 is 0.984 bits per heavy atom. The Morgan fingerprint density at radius 1 is 0.349 bits per heavy atom. The van der Waals surface area contributed by atoms with Crippen molar-refractivity contribution in [2.45, 2.75) is 290 Å². The van der Waals surface area contributed by atoms with Crippen LogP contribution in [0.3, 0.4) is 0 Å². The number of Topliss-reactive ketones (excluding diaryl/α,β-unsaturated/α-hetero) is 2. The lowest BCUT2D eigenvalue weighted by molar-refractivity contribution is -0.194. The first kappa shape index (κ1) is 50.1. The van der Waals surface area contributed by atoms with Crippen molar-refractivity contribution in [3.63, 3.8) is 0 Å². The van der Waals surface area contributed by atoms with Crippen LogP contribution in [0.15, 0.2) is 0 Å². The van der Waals surface area contributed by atoms with Crippen molar-refractivity contribution in [1.82, 2.24) is 0 Å².